The van der Waals surface area contributed by atoms with Gasteiger partial charge in [0.25, 0.3) is 0 Å². The van der Waals surface area contributed by atoms with Crippen molar-refractivity contribution in [3.63, 3.8) is 0 Å². The largest absolute Gasteiger partial charge is 0.416 e. The highest BCUT2D eigenvalue weighted by Gasteiger charge is 2.48. The summed E-state index contributed by atoms with van der Waals surface area (Å²) in [6, 6.07) is 2.72. The van der Waals surface area contributed by atoms with Crippen LogP contribution in [0.3, 0.4) is 0 Å². The van der Waals surface area contributed by atoms with E-state index in [4.69, 9.17) is 11.6 Å². The molecule has 0 aliphatic heterocycles. The number of nitrogens with one attached hydrogen (secondary N) is 2. The fraction of sp³-hybridized carbons (Fsp3) is 0.529. The number of benzene rings is 1. The van der Waals surface area contributed by atoms with Gasteiger partial charge in [-0.2, -0.15) is 13.2 Å². The van der Waals surface area contributed by atoms with Gasteiger partial charge in [0, 0.05) is 6.54 Å². The number of carbonyl (C=O) groups is 2. The van der Waals surface area contributed by atoms with Gasteiger partial charge in [-0.05, 0) is 51.7 Å². The Kier molecular flexibility index (Phi) is 6.52. The minimum Gasteiger partial charge on any atom is -0.356 e. The highest BCUT2D eigenvalue weighted by atomic mass is 35.5. The van der Waals surface area contributed by atoms with Crippen molar-refractivity contribution in [1.82, 2.24) is 10.2 Å². The number of carbonyl (C=O) groups excluding carboxylic acids is 2. The number of nitrogens with zero attached hydrogens (tertiary/aromatic N) is 1. The third kappa shape index (κ3) is 5.60. The predicted molar refractivity (Wildman–Crippen MR) is 92.9 cm³/mol. The first kappa shape index (κ1) is 20.5. The first-order valence-electron chi connectivity index (χ1n) is 8.19. The van der Waals surface area contributed by atoms with Gasteiger partial charge in [-0.3, -0.25) is 9.59 Å². The molecule has 0 bridgehead atoms. The molecule has 0 heterocycles. The standard InChI is InChI=1S/C17H21ClF3N3O2/c1-24(2)7-3-6-22-15(25)11-9-12(11)16(26)23-14-8-10(17(19,20)21)4-5-13(14)18/h4-5,8,11-12H,3,6-7,9H2,1-2H3,(H,22,25)(H,23,26). The summed E-state index contributed by atoms with van der Waals surface area (Å²) >= 11 is 5.86. The average Bonchev–Trinajstić information content (AvgIpc) is 3.33. The fourth-order valence-electron chi connectivity index (χ4n) is 2.54. The van der Waals surface area contributed by atoms with Gasteiger partial charge in [0.1, 0.15) is 0 Å². The van der Waals surface area contributed by atoms with E-state index in [0.29, 0.717) is 13.0 Å². The Hall–Kier alpha value is -1.80. The summed E-state index contributed by atoms with van der Waals surface area (Å²) in [5.41, 5.74) is -1.01. The van der Waals surface area contributed by atoms with Crippen molar-refractivity contribution in [2.75, 3.05) is 32.5 Å². The highest BCUT2D eigenvalue weighted by molar-refractivity contribution is 6.33. The lowest BCUT2D eigenvalue weighted by atomic mass is 10.2. The van der Waals surface area contributed by atoms with Gasteiger partial charge in [-0.25, -0.2) is 0 Å². The third-order valence-corrected chi connectivity index (χ3v) is 4.43. The predicted octanol–water partition coefficient (Wildman–Crippen LogP) is 3.00. The summed E-state index contributed by atoms with van der Waals surface area (Å²) in [4.78, 5) is 26.2. The molecule has 0 spiro atoms. The highest BCUT2D eigenvalue weighted by Crippen LogP contribution is 2.40. The summed E-state index contributed by atoms with van der Waals surface area (Å²) in [7, 11) is 3.87. The van der Waals surface area contributed by atoms with Crippen LogP contribution < -0.4 is 10.6 Å². The van der Waals surface area contributed by atoms with Gasteiger partial charge in [0.2, 0.25) is 11.8 Å². The van der Waals surface area contributed by atoms with Gasteiger partial charge in [0.05, 0.1) is 28.1 Å². The van der Waals surface area contributed by atoms with Crippen LogP contribution in [0.4, 0.5) is 18.9 Å². The molecule has 2 amide bonds. The van der Waals surface area contributed by atoms with E-state index >= 15 is 0 Å². The average molecular weight is 392 g/mol. The zero-order chi connectivity index (χ0) is 19.5. The van der Waals surface area contributed by atoms with Crippen molar-refractivity contribution in [1.29, 1.82) is 0 Å². The topological polar surface area (TPSA) is 61.4 Å². The molecule has 144 valence electrons. The number of hydrogen-bond acceptors (Lipinski definition) is 3. The van der Waals surface area contributed by atoms with E-state index in [1.54, 1.807) is 0 Å². The SMILES string of the molecule is CN(C)CCCNC(=O)C1CC1C(=O)Nc1cc(C(F)(F)F)ccc1Cl. The van der Waals surface area contributed by atoms with Crippen molar-refractivity contribution < 1.29 is 22.8 Å². The Morgan fingerprint density at radius 1 is 1.23 bits per heavy atom. The van der Waals surface area contributed by atoms with Gasteiger partial charge < -0.3 is 15.5 Å². The molecule has 1 aromatic carbocycles. The van der Waals surface area contributed by atoms with E-state index < -0.39 is 29.5 Å². The van der Waals surface area contributed by atoms with Crippen LogP contribution in [-0.4, -0.2) is 43.9 Å². The molecule has 2 atom stereocenters. The molecular formula is C17H21ClF3N3O2. The summed E-state index contributed by atoms with van der Waals surface area (Å²) in [6.45, 7) is 1.35. The van der Waals surface area contributed by atoms with Crippen LogP contribution in [0.2, 0.25) is 5.02 Å². The normalized spacial score (nSPS) is 19.3. The molecule has 26 heavy (non-hydrogen) atoms. The van der Waals surface area contributed by atoms with E-state index in [-0.39, 0.29) is 16.6 Å². The summed E-state index contributed by atoms with van der Waals surface area (Å²) in [6.07, 6.45) is -3.36. The zero-order valence-corrected chi connectivity index (χ0v) is 15.2. The maximum absolute atomic E-state index is 12.8. The Labute approximate surface area is 154 Å². The van der Waals surface area contributed by atoms with Gasteiger partial charge >= 0.3 is 6.18 Å². The molecule has 0 radical (unpaired) electrons. The third-order valence-electron chi connectivity index (χ3n) is 4.10. The quantitative estimate of drug-likeness (QED) is 0.702. The van der Waals surface area contributed by atoms with E-state index in [2.05, 4.69) is 10.6 Å². The van der Waals surface area contributed by atoms with Gasteiger partial charge in [-0.1, -0.05) is 11.6 Å². The number of anilines is 1. The molecule has 5 nitrogen and oxygen atoms in total. The van der Waals surface area contributed by atoms with Crippen molar-refractivity contribution >= 4 is 29.1 Å². The molecule has 2 unspecified atom stereocenters. The Morgan fingerprint density at radius 3 is 2.50 bits per heavy atom. The maximum Gasteiger partial charge on any atom is 0.416 e. The van der Waals surface area contributed by atoms with Crippen LogP contribution in [0, 0.1) is 11.8 Å². The molecule has 1 aromatic rings. The molecule has 0 saturated heterocycles. The molecule has 1 saturated carbocycles. The van der Waals surface area contributed by atoms with Crippen molar-refractivity contribution in [3.05, 3.63) is 28.8 Å². The molecule has 2 rings (SSSR count). The van der Waals surface area contributed by atoms with Crippen LogP contribution >= 0.6 is 11.6 Å². The van der Waals surface area contributed by atoms with Crippen LogP contribution in [-0.2, 0) is 15.8 Å². The number of halogens is 4. The Balaban J connectivity index is 1.87. The first-order chi connectivity index (χ1) is 12.1. The van der Waals surface area contributed by atoms with E-state index in [1.807, 2.05) is 19.0 Å². The van der Waals surface area contributed by atoms with Crippen molar-refractivity contribution in [2.45, 2.75) is 19.0 Å². The lowest BCUT2D eigenvalue weighted by molar-refractivity contribution is -0.137. The molecule has 1 aliphatic rings. The Bertz CT molecular complexity index is 680. The lowest BCUT2D eigenvalue weighted by Gasteiger charge is -2.12. The lowest BCUT2D eigenvalue weighted by Crippen LogP contribution is -2.30. The van der Waals surface area contributed by atoms with Crippen LogP contribution in [0.5, 0.6) is 0 Å². The maximum atomic E-state index is 12.8. The zero-order valence-electron chi connectivity index (χ0n) is 14.5. The molecule has 1 aliphatic carbocycles. The summed E-state index contributed by atoms with van der Waals surface area (Å²) < 4.78 is 38.3. The molecule has 9 heteroatoms. The van der Waals surface area contributed by atoms with Crippen molar-refractivity contribution in [2.24, 2.45) is 11.8 Å². The number of rotatable bonds is 7. The smallest absolute Gasteiger partial charge is 0.356 e. The van der Waals surface area contributed by atoms with Crippen LogP contribution in [0.25, 0.3) is 0 Å². The second-order valence-electron chi connectivity index (χ2n) is 6.58. The van der Waals surface area contributed by atoms with E-state index in [0.717, 1.165) is 31.2 Å². The summed E-state index contributed by atoms with van der Waals surface area (Å²) in [5, 5.41) is 5.17. The Morgan fingerprint density at radius 2 is 1.88 bits per heavy atom. The summed E-state index contributed by atoms with van der Waals surface area (Å²) in [5.74, 6) is -1.70. The second kappa shape index (κ2) is 8.26. The van der Waals surface area contributed by atoms with Gasteiger partial charge in [0.15, 0.2) is 0 Å². The van der Waals surface area contributed by atoms with E-state index in [1.165, 1.54) is 0 Å². The van der Waals surface area contributed by atoms with Gasteiger partial charge in [-0.15, -0.1) is 0 Å². The molecule has 2 N–H and O–H groups in total. The minimum atomic E-state index is -4.53. The van der Waals surface area contributed by atoms with Crippen LogP contribution in [0.15, 0.2) is 18.2 Å². The van der Waals surface area contributed by atoms with E-state index in [9.17, 15) is 22.8 Å². The number of amides is 2. The molecular weight excluding hydrogens is 371 g/mol. The number of alkyl halides is 3. The first-order valence-corrected chi connectivity index (χ1v) is 8.57. The fourth-order valence-corrected chi connectivity index (χ4v) is 2.70. The van der Waals surface area contributed by atoms with Crippen molar-refractivity contribution in [3.8, 4) is 0 Å². The van der Waals surface area contributed by atoms with Crippen LogP contribution in [0.1, 0.15) is 18.4 Å². The second-order valence-corrected chi connectivity index (χ2v) is 6.99. The molecule has 1 fully saturated rings. The monoisotopic (exact) mass is 391 g/mol. The minimum absolute atomic E-state index is 0.0108. The number of hydrogen-bond donors (Lipinski definition) is 2. The molecule has 0 aromatic heterocycles.